The van der Waals surface area contributed by atoms with Crippen molar-refractivity contribution in [3.8, 4) is 0 Å². The van der Waals surface area contributed by atoms with E-state index in [0.717, 1.165) is 0 Å². The summed E-state index contributed by atoms with van der Waals surface area (Å²) in [6.45, 7) is 3.35. The number of carbonyl (C=O) groups is 1. The second kappa shape index (κ2) is 5.50. The van der Waals surface area contributed by atoms with Crippen LogP contribution in [0.2, 0.25) is 0 Å². The van der Waals surface area contributed by atoms with Gasteiger partial charge in [0, 0.05) is 6.54 Å². The van der Waals surface area contributed by atoms with Crippen LogP contribution in [0.3, 0.4) is 0 Å². The summed E-state index contributed by atoms with van der Waals surface area (Å²) in [5, 5.41) is 19.3. The lowest BCUT2D eigenvalue weighted by atomic mass is 9.75. The maximum Gasteiger partial charge on any atom is 0.315 e. The van der Waals surface area contributed by atoms with E-state index in [4.69, 9.17) is 5.73 Å². The van der Waals surface area contributed by atoms with Crippen LogP contribution >= 0.6 is 0 Å². The minimum Gasteiger partial charge on any atom is -0.481 e. The highest BCUT2D eigenvalue weighted by atomic mass is 16.4. The van der Waals surface area contributed by atoms with E-state index in [1.54, 1.807) is 38.1 Å². The molecule has 0 aliphatic heterocycles. The summed E-state index contributed by atoms with van der Waals surface area (Å²) in [5.41, 5.74) is 4.37. The number of aliphatic carboxylic acids is 1. The summed E-state index contributed by atoms with van der Waals surface area (Å²) in [4.78, 5) is 11.6. The van der Waals surface area contributed by atoms with Crippen LogP contribution in [0.4, 0.5) is 0 Å². The number of rotatable bonds is 6. The molecule has 1 rings (SSSR count). The Labute approximate surface area is 107 Å². The quantitative estimate of drug-likeness (QED) is 0.715. The second-order valence-corrected chi connectivity index (χ2v) is 5.27. The van der Waals surface area contributed by atoms with Crippen molar-refractivity contribution in [2.75, 3.05) is 6.54 Å². The third kappa shape index (κ3) is 3.31. The molecule has 100 valence electrons. The minimum absolute atomic E-state index is 0.0163. The van der Waals surface area contributed by atoms with Gasteiger partial charge in [-0.3, -0.25) is 4.79 Å². The van der Waals surface area contributed by atoms with Crippen LogP contribution in [0, 0.1) is 0 Å². The van der Waals surface area contributed by atoms with Crippen LogP contribution in [0.5, 0.6) is 0 Å². The second-order valence-electron chi connectivity index (χ2n) is 5.27. The molecule has 1 unspecified atom stereocenters. The Morgan fingerprint density at radius 3 is 2.17 bits per heavy atom. The van der Waals surface area contributed by atoms with Crippen molar-refractivity contribution >= 4 is 5.97 Å². The van der Waals surface area contributed by atoms with Gasteiger partial charge in [0.25, 0.3) is 0 Å². The van der Waals surface area contributed by atoms with Gasteiger partial charge in [0.2, 0.25) is 0 Å². The van der Waals surface area contributed by atoms with Crippen LogP contribution in [0.25, 0.3) is 0 Å². The van der Waals surface area contributed by atoms with Gasteiger partial charge in [0.15, 0.2) is 0 Å². The number of carboxylic acid groups (broad SMARTS) is 1. The van der Waals surface area contributed by atoms with Crippen molar-refractivity contribution in [3.05, 3.63) is 35.9 Å². The standard InChI is InChI=1S/C14H21NO3/c1-13(2,18)8-9-14(10-15,12(16)17)11-6-4-3-5-7-11/h3-7,18H,8-10,15H2,1-2H3,(H,16,17). The minimum atomic E-state index is -1.12. The summed E-state index contributed by atoms with van der Waals surface area (Å²) in [6, 6.07) is 8.97. The number of hydrogen-bond donors (Lipinski definition) is 3. The Morgan fingerprint density at radius 1 is 1.22 bits per heavy atom. The van der Waals surface area contributed by atoms with Gasteiger partial charge in [-0.25, -0.2) is 0 Å². The molecule has 1 aromatic rings. The first-order chi connectivity index (χ1) is 8.32. The predicted molar refractivity (Wildman–Crippen MR) is 70.3 cm³/mol. The lowest BCUT2D eigenvalue weighted by Gasteiger charge is -2.31. The average molecular weight is 251 g/mol. The molecule has 0 saturated heterocycles. The SMILES string of the molecule is CC(C)(O)CCC(CN)(C(=O)O)c1ccccc1. The van der Waals surface area contributed by atoms with E-state index < -0.39 is 17.0 Å². The first-order valence-electron chi connectivity index (χ1n) is 6.03. The number of nitrogens with two attached hydrogens (primary N) is 1. The number of benzene rings is 1. The highest BCUT2D eigenvalue weighted by Crippen LogP contribution is 2.31. The summed E-state index contributed by atoms with van der Waals surface area (Å²) in [5.74, 6) is -0.944. The van der Waals surface area contributed by atoms with Crippen LogP contribution in [0.15, 0.2) is 30.3 Å². The molecule has 4 heteroatoms. The molecule has 0 amide bonds. The monoisotopic (exact) mass is 251 g/mol. The molecular formula is C14H21NO3. The van der Waals surface area contributed by atoms with Crippen molar-refractivity contribution in [2.24, 2.45) is 5.73 Å². The number of aliphatic hydroxyl groups is 1. The Balaban J connectivity index is 3.07. The number of carboxylic acids is 1. The van der Waals surface area contributed by atoms with Crippen molar-refractivity contribution in [3.63, 3.8) is 0 Å². The van der Waals surface area contributed by atoms with E-state index in [1.165, 1.54) is 0 Å². The zero-order chi connectivity index (χ0) is 13.8. The predicted octanol–water partition coefficient (Wildman–Crippen LogP) is 1.52. The van der Waals surface area contributed by atoms with Gasteiger partial charge in [0.1, 0.15) is 5.41 Å². The van der Waals surface area contributed by atoms with Crippen molar-refractivity contribution in [1.29, 1.82) is 0 Å². The van der Waals surface area contributed by atoms with Gasteiger partial charge in [-0.2, -0.15) is 0 Å². The molecule has 4 nitrogen and oxygen atoms in total. The van der Waals surface area contributed by atoms with Crippen molar-refractivity contribution in [2.45, 2.75) is 37.7 Å². The van der Waals surface area contributed by atoms with Gasteiger partial charge >= 0.3 is 5.97 Å². The van der Waals surface area contributed by atoms with Crippen molar-refractivity contribution < 1.29 is 15.0 Å². The fourth-order valence-electron chi connectivity index (χ4n) is 1.96. The third-order valence-corrected chi connectivity index (χ3v) is 3.25. The fourth-order valence-corrected chi connectivity index (χ4v) is 1.96. The molecule has 1 aromatic carbocycles. The smallest absolute Gasteiger partial charge is 0.315 e. The molecule has 0 radical (unpaired) electrons. The molecule has 1 atom stereocenters. The van der Waals surface area contributed by atoms with Crippen LogP contribution < -0.4 is 5.73 Å². The molecule has 0 fully saturated rings. The molecule has 0 heterocycles. The Bertz CT molecular complexity index is 397. The highest BCUT2D eigenvalue weighted by molar-refractivity contribution is 5.81. The first kappa shape index (κ1) is 14.7. The molecule has 0 aliphatic rings. The zero-order valence-corrected chi connectivity index (χ0v) is 10.9. The first-order valence-corrected chi connectivity index (χ1v) is 6.03. The maximum atomic E-state index is 11.6. The summed E-state index contributed by atoms with van der Waals surface area (Å²) in [7, 11) is 0. The van der Waals surface area contributed by atoms with E-state index in [-0.39, 0.29) is 6.54 Å². The molecule has 0 aromatic heterocycles. The molecule has 0 bridgehead atoms. The van der Waals surface area contributed by atoms with Crippen LogP contribution in [0.1, 0.15) is 32.3 Å². The molecule has 18 heavy (non-hydrogen) atoms. The number of hydrogen-bond acceptors (Lipinski definition) is 3. The van der Waals surface area contributed by atoms with Gasteiger partial charge in [-0.15, -0.1) is 0 Å². The Hall–Kier alpha value is -1.39. The molecule has 0 saturated carbocycles. The Kier molecular flexibility index (Phi) is 4.48. The summed E-state index contributed by atoms with van der Waals surface area (Å²) >= 11 is 0. The normalized spacial score (nSPS) is 15.1. The van der Waals surface area contributed by atoms with E-state index in [2.05, 4.69) is 0 Å². The lowest BCUT2D eigenvalue weighted by molar-refractivity contribution is -0.144. The van der Waals surface area contributed by atoms with Crippen LogP contribution in [-0.4, -0.2) is 28.3 Å². The molecule has 0 spiro atoms. The maximum absolute atomic E-state index is 11.6. The van der Waals surface area contributed by atoms with Gasteiger partial charge in [0.05, 0.1) is 5.60 Å². The highest BCUT2D eigenvalue weighted by Gasteiger charge is 2.39. The van der Waals surface area contributed by atoms with Crippen molar-refractivity contribution in [1.82, 2.24) is 0 Å². The van der Waals surface area contributed by atoms with Gasteiger partial charge in [-0.05, 0) is 32.3 Å². The fraction of sp³-hybridized carbons (Fsp3) is 0.500. The van der Waals surface area contributed by atoms with Gasteiger partial charge in [-0.1, -0.05) is 30.3 Å². The van der Waals surface area contributed by atoms with E-state index in [9.17, 15) is 15.0 Å². The Morgan fingerprint density at radius 2 is 1.78 bits per heavy atom. The molecule has 4 N–H and O–H groups in total. The third-order valence-electron chi connectivity index (χ3n) is 3.25. The topological polar surface area (TPSA) is 83.5 Å². The lowest BCUT2D eigenvalue weighted by Crippen LogP contribution is -2.44. The van der Waals surface area contributed by atoms with Crippen LogP contribution in [-0.2, 0) is 10.2 Å². The largest absolute Gasteiger partial charge is 0.481 e. The van der Waals surface area contributed by atoms with E-state index >= 15 is 0 Å². The van der Waals surface area contributed by atoms with E-state index in [1.807, 2.05) is 6.07 Å². The zero-order valence-electron chi connectivity index (χ0n) is 10.9. The molecular weight excluding hydrogens is 230 g/mol. The summed E-state index contributed by atoms with van der Waals surface area (Å²) in [6.07, 6.45) is 0.692. The van der Waals surface area contributed by atoms with Gasteiger partial charge < -0.3 is 15.9 Å². The van der Waals surface area contributed by atoms with E-state index in [0.29, 0.717) is 18.4 Å². The average Bonchev–Trinajstić information content (AvgIpc) is 2.30. The summed E-state index contributed by atoms with van der Waals surface area (Å²) < 4.78 is 0. The molecule has 0 aliphatic carbocycles.